The van der Waals surface area contributed by atoms with Crippen LogP contribution < -0.4 is 4.74 Å². The van der Waals surface area contributed by atoms with Crippen molar-refractivity contribution in [1.82, 2.24) is 9.88 Å². The number of likely N-dealkylation sites (N-methyl/N-ethyl adjacent to an activating group) is 1. The van der Waals surface area contributed by atoms with Gasteiger partial charge in [-0.15, -0.1) is 0 Å². The van der Waals surface area contributed by atoms with Gasteiger partial charge in [-0.3, -0.25) is 4.79 Å². The second kappa shape index (κ2) is 7.66. The number of carbonyl (C=O) groups excluding carboxylic acids is 1. The largest absolute Gasteiger partial charge is 0.492 e. The van der Waals surface area contributed by atoms with Gasteiger partial charge >= 0.3 is 6.18 Å². The lowest BCUT2D eigenvalue weighted by Crippen LogP contribution is -2.31. The van der Waals surface area contributed by atoms with Gasteiger partial charge in [-0.25, -0.2) is 4.98 Å². The fraction of sp³-hybridized carbons (Fsp3) is 0.235. The zero-order chi connectivity index (χ0) is 18.4. The number of rotatable bonds is 5. The zero-order valence-electron chi connectivity index (χ0n) is 13.2. The van der Waals surface area contributed by atoms with Gasteiger partial charge in [-0.1, -0.05) is 0 Å². The van der Waals surface area contributed by atoms with E-state index in [0.29, 0.717) is 5.56 Å². The smallest absolute Gasteiger partial charge is 0.416 e. The molecular weight excluding hydrogens is 335 g/mol. The van der Waals surface area contributed by atoms with Crippen molar-refractivity contribution in [3.05, 3.63) is 59.4 Å². The van der Waals surface area contributed by atoms with Crippen molar-refractivity contribution in [2.45, 2.75) is 6.18 Å². The standard InChI is InChI=1S/C17H14F3N3O2/c1-23(16(24)15-7-2-12(10-21)11-22-15)8-9-25-14-5-3-13(4-6-14)17(18,19)20/h2-7,11H,8-9H2,1H3. The van der Waals surface area contributed by atoms with Crippen molar-refractivity contribution in [3.63, 3.8) is 0 Å². The van der Waals surface area contributed by atoms with E-state index in [0.717, 1.165) is 12.1 Å². The van der Waals surface area contributed by atoms with Gasteiger partial charge in [0.05, 0.1) is 17.7 Å². The number of alkyl halides is 3. The summed E-state index contributed by atoms with van der Waals surface area (Å²) in [6, 6.07) is 9.18. The molecule has 0 unspecified atom stereocenters. The van der Waals surface area contributed by atoms with E-state index in [1.807, 2.05) is 6.07 Å². The van der Waals surface area contributed by atoms with Gasteiger partial charge in [0.15, 0.2) is 0 Å². The molecule has 1 aromatic heterocycles. The maximum Gasteiger partial charge on any atom is 0.416 e. The lowest BCUT2D eigenvalue weighted by molar-refractivity contribution is -0.137. The summed E-state index contributed by atoms with van der Waals surface area (Å²) in [6.45, 7) is 0.339. The average Bonchev–Trinajstić information content (AvgIpc) is 2.60. The number of benzene rings is 1. The summed E-state index contributed by atoms with van der Waals surface area (Å²) in [6.07, 6.45) is -3.08. The Bertz CT molecular complexity index is 766. The van der Waals surface area contributed by atoms with E-state index in [1.54, 1.807) is 7.05 Å². The van der Waals surface area contributed by atoms with E-state index in [9.17, 15) is 18.0 Å². The number of ether oxygens (including phenoxy) is 1. The molecule has 0 aliphatic rings. The number of amides is 1. The number of nitriles is 1. The SMILES string of the molecule is CN(CCOc1ccc(C(F)(F)F)cc1)C(=O)c1ccc(C#N)cn1. The average molecular weight is 349 g/mol. The number of nitrogens with zero attached hydrogens (tertiary/aromatic N) is 3. The van der Waals surface area contributed by atoms with Gasteiger partial charge in [-0.05, 0) is 36.4 Å². The van der Waals surface area contributed by atoms with Crippen molar-refractivity contribution in [2.75, 3.05) is 20.2 Å². The van der Waals surface area contributed by atoms with Crippen molar-refractivity contribution in [3.8, 4) is 11.8 Å². The Morgan fingerprint density at radius 3 is 2.44 bits per heavy atom. The zero-order valence-corrected chi connectivity index (χ0v) is 13.2. The van der Waals surface area contributed by atoms with E-state index in [4.69, 9.17) is 10.00 Å². The van der Waals surface area contributed by atoms with Crippen molar-refractivity contribution in [2.24, 2.45) is 0 Å². The van der Waals surface area contributed by atoms with Crippen LogP contribution in [-0.2, 0) is 6.18 Å². The summed E-state index contributed by atoms with van der Waals surface area (Å²) in [4.78, 5) is 17.4. The number of halogens is 3. The molecule has 0 radical (unpaired) electrons. The molecule has 130 valence electrons. The lowest BCUT2D eigenvalue weighted by Gasteiger charge is -2.17. The van der Waals surface area contributed by atoms with Crippen LogP contribution in [-0.4, -0.2) is 36.0 Å². The molecule has 0 spiro atoms. The highest BCUT2D eigenvalue weighted by atomic mass is 19.4. The van der Waals surface area contributed by atoms with Crippen LogP contribution in [0.1, 0.15) is 21.6 Å². The lowest BCUT2D eigenvalue weighted by atomic mass is 10.2. The Morgan fingerprint density at radius 2 is 1.92 bits per heavy atom. The third-order valence-electron chi connectivity index (χ3n) is 3.34. The molecule has 2 aromatic rings. The minimum absolute atomic E-state index is 0.115. The minimum Gasteiger partial charge on any atom is -0.492 e. The molecule has 0 saturated carbocycles. The summed E-state index contributed by atoms with van der Waals surface area (Å²) in [5.41, 5.74) is -0.208. The molecule has 2 rings (SSSR count). The third-order valence-corrected chi connectivity index (χ3v) is 3.34. The topological polar surface area (TPSA) is 66.2 Å². The maximum absolute atomic E-state index is 12.5. The van der Waals surface area contributed by atoms with Crippen LogP contribution in [0.2, 0.25) is 0 Å². The molecule has 1 aromatic carbocycles. The first kappa shape index (κ1) is 18.3. The fourth-order valence-corrected chi connectivity index (χ4v) is 1.92. The van der Waals surface area contributed by atoms with E-state index in [-0.39, 0.29) is 30.5 Å². The Morgan fingerprint density at radius 1 is 1.24 bits per heavy atom. The number of carbonyl (C=O) groups is 1. The summed E-state index contributed by atoms with van der Waals surface area (Å²) >= 11 is 0. The van der Waals surface area contributed by atoms with Crippen molar-refractivity contribution in [1.29, 1.82) is 5.26 Å². The maximum atomic E-state index is 12.5. The molecule has 5 nitrogen and oxygen atoms in total. The molecule has 8 heteroatoms. The van der Waals surface area contributed by atoms with Gasteiger partial charge in [-0.2, -0.15) is 18.4 Å². The van der Waals surface area contributed by atoms with Gasteiger partial charge in [0.25, 0.3) is 5.91 Å². The minimum atomic E-state index is -4.39. The molecule has 1 heterocycles. The predicted octanol–water partition coefficient (Wildman–Crippen LogP) is 3.12. The Kier molecular flexibility index (Phi) is 5.60. The normalized spacial score (nSPS) is 10.8. The first-order valence-electron chi connectivity index (χ1n) is 7.23. The van der Waals surface area contributed by atoms with E-state index in [1.165, 1.54) is 35.4 Å². The molecule has 0 aliphatic heterocycles. The third kappa shape index (κ3) is 4.94. The highest BCUT2D eigenvalue weighted by molar-refractivity contribution is 5.92. The molecule has 0 aliphatic carbocycles. The first-order chi connectivity index (χ1) is 11.8. The highest BCUT2D eigenvalue weighted by Crippen LogP contribution is 2.30. The first-order valence-corrected chi connectivity index (χ1v) is 7.23. The predicted molar refractivity (Wildman–Crippen MR) is 82.9 cm³/mol. The van der Waals surface area contributed by atoms with Crippen molar-refractivity contribution >= 4 is 5.91 Å². The van der Waals surface area contributed by atoms with Gasteiger partial charge in [0.1, 0.15) is 24.1 Å². The molecule has 0 saturated heterocycles. The Labute approximate surface area is 142 Å². The second-order valence-electron chi connectivity index (χ2n) is 5.14. The number of hydrogen-bond acceptors (Lipinski definition) is 4. The van der Waals surface area contributed by atoms with Gasteiger partial charge in [0.2, 0.25) is 0 Å². The summed E-state index contributed by atoms with van der Waals surface area (Å²) < 4.78 is 42.7. The molecular formula is C17H14F3N3O2. The summed E-state index contributed by atoms with van der Waals surface area (Å²) in [5.74, 6) is -0.0640. The number of aromatic nitrogens is 1. The Hall–Kier alpha value is -3.08. The summed E-state index contributed by atoms with van der Waals surface area (Å²) in [5, 5.41) is 8.70. The molecule has 0 bridgehead atoms. The van der Waals surface area contributed by atoms with Crippen LogP contribution in [0.4, 0.5) is 13.2 Å². The second-order valence-corrected chi connectivity index (χ2v) is 5.14. The van der Waals surface area contributed by atoms with E-state index in [2.05, 4.69) is 4.98 Å². The van der Waals surface area contributed by atoms with Crippen LogP contribution >= 0.6 is 0 Å². The van der Waals surface area contributed by atoms with Gasteiger partial charge < -0.3 is 9.64 Å². The molecule has 1 amide bonds. The number of hydrogen-bond donors (Lipinski definition) is 0. The molecule has 0 atom stereocenters. The van der Waals surface area contributed by atoms with Crippen LogP contribution in [0.25, 0.3) is 0 Å². The molecule has 0 fully saturated rings. The van der Waals surface area contributed by atoms with Crippen molar-refractivity contribution < 1.29 is 22.7 Å². The van der Waals surface area contributed by atoms with Crippen LogP contribution in [0, 0.1) is 11.3 Å². The summed E-state index contributed by atoms with van der Waals surface area (Å²) in [7, 11) is 1.55. The van der Waals surface area contributed by atoms with E-state index >= 15 is 0 Å². The molecule has 25 heavy (non-hydrogen) atoms. The number of pyridine rings is 1. The monoisotopic (exact) mass is 349 g/mol. The van der Waals surface area contributed by atoms with Crippen LogP contribution in [0.15, 0.2) is 42.6 Å². The van der Waals surface area contributed by atoms with Crippen LogP contribution in [0.3, 0.4) is 0 Å². The van der Waals surface area contributed by atoms with Gasteiger partial charge in [0, 0.05) is 13.2 Å². The quantitative estimate of drug-likeness (QED) is 0.832. The fourth-order valence-electron chi connectivity index (χ4n) is 1.92. The Balaban J connectivity index is 1.86. The highest BCUT2D eigenvalue weighted by Gasteiger charge is 2.30. The van der Waals surface area contributed by atoms with E-state index < -0.39 is 11.7 Å². The molecule has 0 N–H and O–H groups in total. The van der Waals surface area contributed by atoms with Crippen LogP contribution in [0.5, 0.6) is 5.75 Å².